The van der Waals surface area contributed by atoms with E-state index in [0.717, 1.165) is 51.4 Å². The first-order valence-corrected chi connectivity index (χ1v) is 8.11. The molecule has 2 N–H and O–H groups in total. The highest BCUT2D eigenvalue weighted by Gasteiger charge is 2.58. The van der Waals surface area contributed by atoms with Crippen molar-refractivity contribution in [3.63, 3.8) is 0 Å². The molecule has 1 saturated heterocycles. The Morgan fingerprint density at radius 1 is 1.15 bits per heavy atom. The standard InChI is InChI=1S/C16H26N2O2/c1-12-4-8-16(11-17,9-5-12)18-13(19)10-15(14(18)20)6-2-3-7-15/h12H,2-11,17H2,1H3. The summed E-state index contributed by atoms with van der Waals surface area (Å²) < 4.78 is 0. The number of imide groups is 1. The van der Waals surface area contributed by atoms with Crippen LogP contribution in [0.4, 0.5) is 0 Å². The van der Waals surface area contributed by atoms with E-state index in [4.69, 9.17) is 5.73 Å². The molecule has 3 aliphatic rings. The van der Waals surface area contributed by atoms with Gasteiger partial charge >= 0.3 is 0 Å². The summed E-state index contributed by atoms with van der Waals surface area (Å²) in [5.74, 6) is 0.819. The van der Waals surface area contributed by atoms with Crippen LogP contribution in [-0.2, 0) is 9.59 Å². The summed E-state index contributed by atoms with van der Waals surface area (Å²) in [6.45, 7) is 2.67. The topological polar surface area (TPSA) is 63.4 Å². The van der Waals surface area contributed by atoms with Crippen LogP contribution in [0.15, 0.2) is 0 Å². The molecule has 4 heteroatoms. The number of hydrogen-bond acceptors (Lipinski definition) is 3. The molecular formula is C16H26N2O2. The first-order chi connectivity index (χ1) is 9.53. The zero-order chi connectivity index (χ0) is 14.4. The monoisotopic (exact) mass is 278 g/mol. The maximum absolute atomic E-state index is 12.9. The van der Waals surface area contributed by atoms with E-state index in [-0.39, 0.29) is 22.8 Å². The van der Waals surface area contributed by atoms with Crippen LogP contribution in [0.3, 0.4) is 0 Å². The van der Waals surface area contributed by atoms with Crippen molar-refractivity contribution in [2.75, 3.05) is 6.54 Å². The van der Waals surface area contributed by atoms with Crippen LogP contribution in [-0.4, -0.2) is 28.8 Å². The first kappa shape index (κ1) is 14.1. The Balaban J connectivity index is 1.88. The summed E-state index contributed by atoms with van der Waals surface area (Å²) in [6.07, 6.45) is 8.30. The second-order valence-electron chi connectivity index (χ2n) is 7.31. The van der Waals surface area contributed by atoms with Crippen molar-refractivity contribution in [3.05, 3.63) is 0 Å². The molecule has 3 rings (SSSR count). The lowest BCUT2D eigenvalue weighted by Crippen LogP contribution is -2.58. The van der Waals surface area contributed by atoms with Gasteiger partial charge in [0.25, 0.3) is 0 Å². The van der Waals surface area contributed by atoms with Gasteiger partial charge in [-0.1, -0.05) is 19.8 Å². The molecule has 0 aromatic heterocycles. The molecule has 4 nitrogen and oxygen atoms in total. The molecule has 1 aliphatic heterocycles. The second kappa shape index (κ2) is 4.83. The fraction of sp³-hybridized carbons (Fsp3) is 0.875. The average Bonchev–Trinajstić information content (AvgIpc) is 2.99. The summed E-state index contributed by atoms with van der Waals surface area (Å²) in [5, 5.41) is 0. The maximum atomic E-state index is 12.9. The minimum atomic E-state index is -0.382. The van der Waals surface area contributed by atoms with Crippen molar-refractivity contribution in [3.8, 4) is 0 Å². The van der Waals surface area contributed by atoms with Gasteiger partial charge in [0, 0.05) is 13.0 Å². The van der Waals surface area contributed by atoms with Crippen LogP contribution in [0.2, 0.25) is 0 Å². The van der Waals surface area contributed by atoms with Gasteiger partial charge < -0.3 is 5.73 Å². The molecule has 3 fully saturated rings. The predicted octanol–water partition coefficient (Wildman–Crippen LogP) is 2.21. The average molecular weight is 278 g/mol. The van der Waals surface area contributed by atoms with Gasteiger partial charge in [-0.15, -0.1) is 0 Å². The van der Waals surface area contributed by atoms with Gasteiger partial charge in [-0.2, -0.15) is 0 Å². The van der Waals surface area contributed by atoms with Gasteiger partial charge in [0.15, 0.2) is 0 Å². The molecule has 2 saturated carbocycles. The van der Waals surface area contributed by atoms with Crippen LogP contribution in [0.5, 0.6) is 0 Å². The van der Waals surface area contributed by atoms with E-state index in [1.807, 2.05) is 0 Å². The Labute approximate surface area is 121 Å². The van der Waals surface area contributed by atoms with Crippen molar-refractivity contribution in [1.29, 1.82) is 0 Å². The van der Waals surface area contributed by atoms with E-state index in [1.165, 1.54) is 0 Å². The van der Waals surface area contributed by atoms with Crippen LogP contribution in [0.1, 0.15) is 64.7 Å². The molecule has 0 atom stereocenters. The van der Waals surface area contributed by atoms with Gasteiger partial charge in [0.1, 0.15) is 0 Å². The zero-order valence-corrected chi connectivity index (χ0v) is 12.5. The molecule has 0 radical (unpaired) electrons. The maximum Gasteiger partial charge on any atom is 0.236 e. The molecule has 2 aliphatic carbocycles. The number of carbonyl (C=O) groups excluding carboxylic acids is 2. The summed E-state index contributed by atoms with van der Waals surface area (Å²) in [6, 6.07) is 0. The molecule has 0 unspecified atom stereocenters. The number of nitrogens with two attached hydrogens (primary N) is 1. The summed E-state index contributed by atoms with van der Waals surface area (Å²) in [5.41, 5.74) is 5.29. The third-order valence-electron chi connectivity index (χ3n) is 6.02. The molecule has 0 bridgehead atoms. The Bertz CT molecular complexity index is 418. The van der Waals surface area contributed by atoms with E-state index >= 15 is 0 Å². The molecule has 2 amide bonds. The lowest BCUT2D eigenvalue weighted by atomic mass is 9.75. The minimum Gasteiger partial charge on any atom is -0.328 e. The smallest absolute Gasteiger partial charge is 0.236 e. The SMILES string of the molecule is CC1CCC(CN)(N2C(=O)CC3(CCCC3)C2=O)CC1. The third kappa shape index (κ3) is 1.92. The molecule has 20 heavy (non-hydrogen) atoms. The summed E-state index contributed by atoms with van der Waals surface area (Å²) in [4.78, 5) is 27.1. The zero-order valence-electron chi connectivity index (χ0n) is 12.5. The second-order valence-corrected chi connectivity index (χ2v) is 7.31. The third-order valence-corrected chi connectivity index (χ3v) is 6.02. The first-order valence-electron chi connectivity index (χ1n) is 8.11. The van der Waals surface area contributed by atoms with Crippen molar-refractivity contribution < 1.29 is 9.59 Å². The van der Waals surface area contributed by atoms with Crippen molar-refractivity contribution >= 4 is 11.8 Å². The van der Waals surface area contributed by atoms with Crippen molar-refractivity contribution in [1.82, 2.24) is 4.90 Å². The minimum absolute atomic E-state index is 0.0388. The molecule has 1 spiro atoms. The molecule has 0 aromatic rings. The number of likely N-dealkylation sites (tertiary alicyclic amines) is 1. The lowest BCUT2D eigenvalue weighted by molar-refractivity contribution is -0.150. The summed E-state index contributed by atoms with van der Waals surface area (Å²) >= 11 is 0. The quantitative estimate of drug-likeness (QED) is 0.788. The van der Waals surface area contributed by atoms with Crippen LogP contribution in [0, 0.1) is 11.3 Å². The highest BCUT2D eigenvalue weighted by molar-refractivity contribution is 6.06. The van der Waals surface area contributed by atoms with E-state index in [1.54, 1.807) is 4.90 Å². The van der Waals surface area contributed by atoms with E-state index < -0.39 is 0 Å². The Kier molecular flexibility index (Phi) is 3.39. The number of nitrogens with zero attached hydrogens (tertiary/aromatic N) is 1. The fourth-order valence-electron chi connectivity index (χ4n) is 4.54. The van der Waals surface area contributed by atoms with Crippen LogP contribution < -0.4 is 5.73 Å². The highest BCUT2D eigenvalue weighted by Crippen LogP contribution is 2.50. The normalized spacial score (nSPS) is 37.1. The molecule has 1 heterocycles. The van der Waals surface area contributed by atoms with Crippen molar-refractivity contribution in [2.45, 2.75) is 70.3 Å². The Hall–Kier alpha value is -0.900. The van der Waals surface area contributed by atoms with E-state index in [2.05, 4.69) is 6.92 Å². The predicted molar refractivity (Wildman–Crippen MR) is 76.8 cm³/mol. The number of hydrogen-bond donors (Lipinski definition) is 1. The van der Waals surface area contributed by atoms with Gasteiger partial charge in [0.05, 0.1) is 11.0 Å². The fourth-order valence-corrected chi connectivity index (χ4v) is 4.54. The number of carbonyl (C=O) groups is 2. The highest BCUT2D eigenvalue weighted by atomic mass is 16.2. The largest absolute Gasteiger partial charge is 0.328 e. The number of rotatable bonds is 2. The van der Waals surface area contributed by atoms with Gasteiger partial charge in [-0.25, -0.2) is 0 Å². The lowest BCUT2D eigenvalue weighted by Gasteiger charge is -2.44. The van der Waals surface area contributed by atoms with Crippen LogP contribution >= 0.6 is 0 Å². The molecule has 0 aromatic carbocycles. The van der Waals surface area contributed by atoms with Crippen molar-refractivity contribution in [2.24, 2.45) is 17.1 Å². The van der Waals surface area contributed by atoms with Crippen LogP contribution in [0.25, 0.3) is 0 Å². The van der Waals surface area contributed by atoms with Gasteiger partial charge in [-0.05, 0) is 44.4 Å². The van der Waals surface area contributed by atoms with E-state index in [9.17, 15) is 9.59 Å². The van der Waals surface area contributed by atoms with E-state index in [0.29, 0.717) is 18.9 Å². The Morgan fingerprint density at radius 3 is 2.30 bits per heavy atom. The van der Waals surface area contributed by atoms with Gasteiger partial charge in [0.2, 0.25) is 11.8 Å². The van der Waals surface area contributed by atoms with Gasteiger partial charge in [-0.3, -0.25) is 14.5 Å². The molecule has 112 valence electrons. The molecular weight excluding hydrogens is 252 g/mol. The summed E-state index contributed by atoms with van der Waals surface area (Å²) in [7, 11) is 0. The Morgan fingerprint density at radius 2 is 1.75 bits per heavy atom. The number of amides is 2.